The quantitative estimate of drug-likeness (QED) is 0.683. The topological polar surface area (TPSA) is 67.6 Å². The smallest absolute Gasteiger partial charge is 0.317 e. The Morgan fingerprint density at radius 3 is 2.80 bits per heavy atom. The van der Waals surface area contributed by atoms with Gasteiger partial charge in [0.05, 0.1) is 13.2 Å². The standard InChI is InChI=1S/C9H18FN3O2/c10-7-8(11)1-2-12-9(14)13-3-5-15-6-4-13/h8H,1-7,11H2,(H,12,14)/t8-/m1/s1. The average molecular weight is 219 g/mol. The maximum Gasteiger partial charge on any atom is 0.317 e. The van der Waals surface area contributed by atoms with Crippen LogP contribution in [0.25, 0.3) is 0 Å². The Balaban J connectivity index is 2.12. The lowest BCUT2D eigenvalue weighted by Crippen LogP contribution is -2.47. The molecule has 0 aromatic carbocycles. The molecule has 0 saturated carbocycles. The molecule has 1 fully saturated rings. The third kappa shape index (κ3) is 4.44. The summed E-state index contributed by atoms with van der Waals surface area (Å²) in [5.74, 6) is 0. The lowest BCUT2D eigenvalue weighted by molar-refractivity contribution is 0.0532. The van der Waals surface area contributed by atoms with E-state index in [2.05, 4.69) is 5.32 Å². The van der Waals surface area contributed by atoms with Crippen molar-refractivity contribution in [2.24, 2.45) is 5.73 Å². The summed E-state index contributed by atoms with van der Waals surface area (Å²) < 4.78 is 17.1. The largest absolute Gasteiger partial charge is 0.378 e. The molecule has 1 saturated heterocycles. The molecule has 1 aliphatic rings. The molecule has 0 unspecified atom stereocenters. The van der Waals surface area contributed by atoms with Crippen LogP contribution in [0.2, 0.25) is 0 Å². The van der Waals surface area contributed by atoms with Crippen LogP contribution in [-0.2, 0) is 4.74 Å². The minimum Gasteiger partial charge on any atom is -0.378 e. The van der Waals surface area contributed by atoms with Crippen molar-refractivity contribution < 1.29 is 13.9 Å². The number of halogens is 1. The van der Waals surface area contributed by atoms with Gasteiger partial charge in [0.1, 0.15) is 6.67 Å². The highest BCUT2D eigenvalue weighted by Crippen LogP contribution is 1.97. The van der Waals surface area contributed by atoms with Gasteiger partial charge in [0.25, 0.3) is 0 Å². The normalized spacial score (nSPS) is 18.7. The van der Waals surface area contributed by atoms with E-state index < -0.39 is 12.7 Å². The molecule has 1 aliphatic heterocycles. The van der Waals surface area contributed by atoms with Crippen LogP contribution in [0.15, 0.2) is 0 Å². The maximum atomic E-state index is 12.0. The summed E-state index contributed by atoms with van der Waals surface area (Å²) in [4.78, 5) is 13.2. The highest BCUT2D eigenvalue weighted by atomic mass is 19.1. The van der Waals surface area contributed by atoms with Crippen molar-refractivity contribution in [3.05, 3.63) is 0 Å². The number of nitrogens with two attached hydrogens (primary N) is 1. The molecule has 1 heterocycles. The number of morpholine rings is 1. The Hall–Kier alpha value is -0.880. The van der Waals surface area contributed by atoms with E-state index in [-0.39, 0.29) is 6.03 Å². The fraction of sp³-hybridized carbons (Fsp3) is 0.889. The number of carbonyl (C=O) groups excluding carboxylic acids is 1. The molecule has 1 rings (SSSR count). The molecule has 0 aromatic rings. The summed E-state index contributed by atoms with van der Waals surface area (Å²) >= 11 is 0. The zero-order chi connectivity index (χ0) is 11.1. The molecule has 1 atom stereocenters. The van der Waals surface area contributed by atoms with E-state index in [0.29, 0.717) is 39.3 Å². The van der Waals surface area contributed by atoms with Gasteiger partial charge in [-0.15, -0.1) is 0 Å². The first kappa shape index (κ1) is 12.2. The van der Waals surface area contributed by atoms with Gasteiger partial charge in [0.2, 0.25) is 0 Å². The Kier molecular flexibility index (Phi) is 5.34. The van der Waals surface area contributed by atoms with Gasteiger partial charge in [-0.25, -0.2) is 9.18 Å². The number of amides is 2. The highest BCUT2D eigenvalue weighted by molar-refractivity contribution is 5.74. The molecule has 15 heavy (non-hydrogen) atoms. The van der Waals surface area contributed by atoms with Gasteiger partial charge >= 0.3 is 6.03 Å². The first-order valence-electron chi connectivity index (χ1n) is 5.16. The summed E-state index contributed by atoms with van der Waals surface area (Å²) in [6, 6.07) is -0.598. The number of nitrogens with one attached hydrogen (secondary N) is 1. The molecule has 0 bridgehead atoms. The lowest BCUT2D eigenvalue weighted by Gasteiger charge is -2.27. The monoisotopic (exact) mass is 219 g/mol. The van der Waals surface area contributed by atoms with Gasteiger partial charge in [-0.1, -0.05) is 0 Å². The first-order chi connectivity index (χ1) is 7.24. The van der Waals surface area contributed by atoms with Crippen LogP contribution in [-0.4, -0.2) is 56.5 Å². The number of alkyl halides is 1. The van der Waals surface area contributed by atoms with E-state index in [1.807, 2.05) is 0 Å². The second-order valence-corrected chi connectivity index (χ2v) is 3.53. The van der Waals surface area contributed by atoms with Crippen LogP contribution in [0.1, 0.15) is 6.42 Å². The molecule has 0 spiro atoms. The third-order valence-corrected chi connectivity index (χ3v) is 2.29. The number of hydrogen-bond acceptors (Lipinski definition) is 3. The van der Waals surface area contributed by atoms with Crippen molar-refractivity contribution >= 4 is 6.03 Å². The lowest BCUT2D eigenvalue weighted by atomic mass is 10.2. The fourth-order valence-corrected chi connectivity index (χ4v) is 1.32. The molecule has 88 valence electrons. The summed E-state index contributed by atoms with van der Waals surface area (Å²) in [7, 11) is 0. The molecule has 0 aromatic heterocycles. The Morgan fingerprint density at radius 1 is 1.53 bits per heavy atom. The van der Waals surface area contributed by atoms with Crippen LogP contribution in [0.5, 0.6) is 0 Å². The fourth-order valence-electron chi connectivity index (χ4n) is 1.32. The number of ether oxygens (including phenoxy) is 1. The van der Waals surface area contributed by atoms with E-state index in [9.17, 15) is 9.18 Å². The van der Waals surface area contributed by atoms with Crippen molar-refractivity contribution in [2.45, 2.75) is 12.5 Å². The average Bonchev–Trinajstić information content (AvgIpc) is 2.29. The molecule has 6 heteroatoms. The number of hydrogen-bond donors (Lipinski definition) is 2. The summed E-state index contributed by atoms with van der Waals surface area (Å²) in [5.41, 5.74) is 5.38. The Labute approximate surface area is 88.7 Å². The highest BCUT2D eigenvalue weighted by Gasteiger charge is 2.16. The van der Waals surface area contributed by atoms with E-state index in [0.717, 1.165) is 0 Å². The van der Waals surface area contributed by atoms with Crippen molar-refractivity contribution in [2.75, 3.05) is 39.5 Å². The van der Waals surface area contributed by atoms with Crippen molar-refractivity contribution in [3.63, 3.8) is 0 Å². The van der Waals surface area contributed by atoms with Gasteiger partial charge in [-0.2, -0.15) is 0 Å². The molecular formula is C9H18FN3O2. The predicted molar refractivity (Wildman–Crippen MR) is 54.4 cm³/mol. The van der Waals surface area contributed by atoms with Crippen molar-refractivity contribution in [1.82, 2.24) is 10.2 Å². The van der Waals surface area contributed by atoms with E-state index in [1.165, 1.54) is 0 Å². The number of carbonyl (C=O) groups is 1. The molecule has 0 radical (unpaired) electrons. The summed E-state index contributed by atoms with van der Waals surface area (Å²) in [5, 5.41) is 2.70. The van der Waals surface area contributed by atoms with E-state index >= 15 is 0 Å². The second kappa shape index (κ2) is 6.58. The van der Waals surface area contributed by atoms with E-state index in [1.54, 1.807) is 4.90 Å². The van der Waals surface area contributed by atoms with E-state index in [4.69, 9.17) is 10.5 Å². The maximum absolute atomic E-state index is 12.0. The van der Waals surface area contributed by atoms with Crippen LogP contribution in [0.3, 0.4) is 0 Å². The van der Waals surface area contributed by atoms with Crippen molar-refractivity contribution in [1.29, 1.82) is 0 Å². The van der Waals surface area contributed by atoms with Crippen molar-refractivity contribution in [3.8, 4) is 0 Å². The Morgan fingerprint density at radius 2 is 2.20 bits per heavy atom. The first-order valence-corrected chi connectivity index (χ1v) is 5.16. The van der Waals surface area contributed by atoms with Gasteiger partial charge in [-0.3, -0.25) is 0 Å². The predicted octanol–water partition coefficient (Wildman–Crippen LogP) is -0.285. The van der Waals surface area contributed by atoms with Gasteiger partial charge in [0.15, 0.2) is 0 Å². The number of rotatable bonds is 4. The van der Waals surface area contributed by atoms with Gasteiger partial charge in [0, 0.05) is 25.7 Å². The zero-order valence-corrected chi connectivity index (χ0v) is 8.75. The third-order valence-electron chi connectivity index (χ3n) is 2.29. The van der Waals surface area contributed by atoms with Gasteiger partial charge < -0.3 is 20.7 Å². The molecular weight excluding hydrogens is 201 g/mol. The van der Waals surface area contributed by atoms with Crippen LogP contribution < -0.4 is 11.1 Å². The molecule has 5 nitrogen and oxygen atoms in total. The van der Waals surface area contributed by atoms with Crippen LogP contribution >= 0.6 is 0 Å². The number of urea groups is 1. The minimum atomic E-state index is -0.548. The summed E-state index contributed by atoms with van der Waals surface area (Å²) in [6.07, 6.45) is 0.465. The molecule has 3 N–H and O–H groups in total. The van der Waals surface area contributed by atoms with Crippen LogP contribution in [0.4, 0.5) is 9.18 Å². The minimum absolute atomic E-state index is 0.121. The SMILES string of the molecule is N[C@@H](CF)CCNC(=O)N1CCOCC1. The van der Waals surface area contributed by atoms with Crippen LogP contribution in [0, 0.1) is 0 Å². The number of nitrogens with zero attached hydrogens (tertiary/aromatic N) is 1. The summed E-state index contributed by atoms with van der Waals surface area (Å²) in [6.45, 7) is 2.26. The zero-order valence-electron chi connectivity index (χ0n) is 8.75. The molecule has 2 amide bonds. The van der Waals surface area contributed by atoms with Gasteiger partial charge in [-0.05, 0) is 6.42 Å². The second-order valence-electron chi connectivity index (χ2n) is 3.53. The Bertz CT molecular complexity index is 198. The molecule has 0 aliphatic carbocycles.